The summed E-state index contributed by atoms with van der Waals surface area (Å²) in [6.07, 6.45) is 4.67. The summed E-state index contributed by atoms with van der Waals surface area (Å²) in [5, 5.41) is 3.51. The fraction of sp³-hybridized carbons (Fsp3) is 0.692. The maximum Gasteiger partial charge on any atom is 0.141 e. The second-order valence-corrected chi connectivity index (χ2v) is 6.14. The maximum atomic E-state index is 4.20. The zero-order valence-electron chi connectivity index (χ0n) is 11.0. The van der Waals surface area contributed by atoms with E-state index in [1.165, 1.54) is 0 Å². The van der Waals surface area contributed by atoms with Gasteiger partial charge in [-0.05, 0) is 31.7 Å². The van der Waals surface area contributed by atoms with Crippen molar-refractivity contribution in [3.63, 3.8) is 0 Å². The number of aromatic nitrogens is 2. The molecule has 0 spiro atoms. The van der Waals surface area contributed by atoms with Crippen molar-refractivity contribution in [1.82, 2.24) is 15.3 Å². The van der Waals surface area contributed by atoms with Crippen LogP contribution in [0.2, 0.25) is 0 Å². The van der Waals surface area contributed by atoms with Crippen LogP contribution in [0, 0.1) is 5.41 Å². The molecular weight excluding hydrogens is 198 g/mol. The Bertz CT molecular complexity index is 312. The van der Waals surface area contributed by atoms with Gasteiger partial charge in [-0.2, -0.15) is 0 Å². The second-order valence-electron chi connectivity index (χ2n) is 6.14. The summed E-state index contributed by atoms with van der Waals surface area (Å²) in [5.74, 6) is 0.851. The molecule has 0 aliphatic carbocycles. The van der Waals surface area contributed by atoms with Crippen molar-refractivity contribution in [2.24, 2.45) is 5.41 Å². The molecule has 3 heteroatoms. The molecule has 0 aliphatic rings. The lowest BCUT2D eigenvalue weighted by Gasteiger charge is -2.33. The van der Waals surface area contributed by atoms with Gasteiger partial charge in [0.15, 0.2) is 0 Å². The first kappa shape index (κ1) is 13.1. The largest absolute Gasteiger partial charge is 0.305 e. The molecule has 0 atom stereocenters. The van der Waals surface area contributed by atoms with E-state index in [1.54, 1.807) is 12.4 Å². The molecule has 0 radical (unpaired) electrons. The first-order chi connectivity index (χ1) is 7.29. The number of hydrogen-bond donors (Lipinski definition) is 1. The highest BCUT2D eigenvalue weighted by molar-refractivity contribution is 4.91. The van der Waals surface area contributed by atoms with Crippen LogP contribution in [0.5, 0.6) is 0 Å². The van der Waals surface area contributed by atoms with E-state index in [9.17, 15) is 0 Å². The summed E-state index contributed by atoms with van der Waals surface area (Å²) in [5.41, 5.74) is 0.436. The first-order valence-corrected chi connectivity index (χ1v) is 5.79. The minimum atomic E-state index is 0.109. The predicted molar refractivity (Wildman–Crippen MR) is 67.0 cm³/mol. The van der Waals surface area contributed by atoms with E-state index in [0.29, 0.717) is 5.41 Å². The third kappa shape index (κ3) is 5.21. The molecule has 90 valence electrons. The molecule has 0 saturated heterocycles. The fourth-order valence-corrected chi connectivity index (χ4v) is 2.13. The number of hydrogen-bond acceptors (Lipinski definition) is 3. The summed E-state index contributed by atoms with van der Waals surface area (Å²) in [6, 6.07) is 1.84. The van der Waals surface area contributed by atoms with Gasteiger partial charge < -0.3 is 5.32 Å². The van der Waals surface area contributed by atoms with Crippen LogP contribution in [0.3, 0.4) is 0 Å². The van der Waals surface area contributed by atoms with Crippen LogP contribution < -0.4 is 5.32 Å². The zero-order chi connectivity index (χ0) is 12.2. The SMILES string of the molecule is CC(C)(C)CC(C)(C)NCc1ncccn1. The van der Waals surface area contributed by atoms with E-state index < -0.39 is 0 Å². The highest BCUT2D eigenvalue weighted by Gasteiger charge is 2.24. The molecule has 3 nitrogen and oxygen atoms in total. The lowest BCUT2D eigenvalue weighted by atomic mass is 9.82. The molecule has 1 aromatic heterocycles. The molecule has 1 N–H and O–H groups in total. The molecule has 0 amide bonds. The molecule has 0 unspecified atom stereocenters. The number of rotatable bonds is 4. The summed E-state index contributed by atoms with van der Waals surface area (Å²) in [6.45, 7) is 12.0. The van der Waals surface area contributed by atoms with Crippen molar-refractivity contribution >= 4 is 0 Å². The standard InChI is InChI=1S/C13H23N3/c1-12(2,3)10-13(4,5)16-9-11-14-7-6-8-15-11/h6-8,16H,9-10H2,1-5H3. The molecule has 1 rings (SSSR count). The highest BCUT2D eigenvalue weighted by atomic mass is 15.0. The van der Waals surface area contributed by atoms with Crippen LogP contribution in [-0.2, 0) is 6.54 Å². The lowest BCUT2D eigenvalue weighted by molar-refractivity contribution is 0.239. The lowest BCUT2D eigenvalue weighted by Crippen LogP contribution is -2.42. The Morgan fingerprint density at radius 1 is 1.06 bits per heavy atom. The Kier molecular flexibility index (Phi) is 4.03. The predicted octanol–water partition coefficient (Wildman–Crippen LogP) is 2.78. The van der Waals surface area contributed by atoms with Crippen LogP contribution in [0.25, 0.3) is 0 Å². The van der Waals surface area contributed by atoms with Gasteiger partial charge in [-0.1, -0.05) is 20.8 Å². The van der Waals surface area contributed by atoms with Gasteiger partial charge in [0.2, 0.25) is 0 Å². The molecule has 0 saturated carbocycles. The van der Waals surface area contributed by atoms with Crippen LogP contribution in [0.15, 0.2) is 18.5 Å². The summed E-state index contributed by atoms with van der Waals surface area (Å²) in [4.78, 5) is 8.41. The Labute approximate surface area is 98.7 Å². The van der Waals surface area contributed by atoms with Crippen molar-refractivity contribution in [2.45, 2.75) is 53.1 Å². The van der Waals surface area contributed by atoms with E-state index in [4.69, 9.17) is 0 Å². The minimum Gasteiger partial charge on any atom is -0.305 e. The average molecular weight is 221 g/mol. The van der Waals surface area contributed by atoms with Crippen molar-refractivity contribution in [2.75, 3.05) is 0 Å². The Hall–Kier alpha value is -0.960. The van der Waals surface area contributed by atoms with Crippen molar-refractivity contribution in [3.05, 3.63) is 24.3 Å². The van der Waals surface area contributed by atoms with Gasteiger partial charge in [-0.15, -0.1) is 0 Å². The smallest absolute Gasteiger partial charge is 0.141 e. The Morgan fingerprint density at radius 2 is 1.62 bits per heavy atom. The van der Waals surface area contributed by atoms with E-state index >= 15 is 0 Å². The van der Waals surface area contributed by atoms with E-state index in [2.05, 4.69) is 49.9 Å². The van der Waals surface area contributed by atoms with Crippen LogP contribution in [0.4, 0.5) is 0 Å². The van der Waals surface area contributed by atoms with Gasteiger partial charge in [0.25, 0.3) is 0 Å². The van der Waals surface area contributed by atoms with Crippen LogP contribution >= 0.6 is 0 Å². The molecule has 0 bridgehead atoms. The summed E-state index contributed by atoms with van der Waals surface area (Å²) in [7, 11) is 0. The summed E-state index contributed by atoms with van der Waals surface area (Å²) >= 11 is 0. The summed E-state index contributed by atoms with van der Waals surface area (Å²) < 4.78 is 0. The molecular formula is C13H23N3. The van der Waals surface area contributed by atoms with Crippen molar-refractivity contribution < 1.29 is 0 Å². The number of nitrogens with zero attached hydrogens (tertiary/aromatic N) is 2. The van der Waals surface area contributed by atoms with Gasteiger partial charge in [0, 0.05) is 17.9 Å². The topological polar surface area (TPSA) is 37.8 Å². The molecule has 0 aromatic carbocycles. The van der Waals surface area contributed by atoms with Gasteiger partial charge >= 0.3 is 0 Å². The van der Waals surface area contributed by atoms with Crippen LogP contribution in [-0.4, -0.2) is 15.5 Å². The van der Waals surface area contributed by atoms with E-state index in [-0.39, 0.29) is 5.54 Å². The van der Waals surface area contributed by atoms with Crippen LogP contribution in [0.1, 0.15) is 46.9 Å². The molecule has 0 aliphatic heterocycles. The second kappa shape index (κ2) is 4.91. The average Bonchev–Trinajstić information content (AvgIpc) is 2.13. The zero-order valence-corrected chi connectivity index (χ0v) is 11.0. The normalized spacial score (nSPS) is 12.8. The van der Waals surface area contributed by atoms with Gasteiger partial charge in [-0.25, -0.2) is 9.97 Å². The van der Waals surface area contributed by atoms with Crippen molar-refractivity contribution in [3.8, 4) is 0 Å². The molecule has 1 heterocycles. The number of nitrogens with one attached hydrogen (secondary N) is 1. The van der Waals surface area contributed by atoms with Gasteiger partial charge in [-0.3, -0.25) is 0 Å². The monoisotopic (exact) mass is 221 g/mol. The van der Waals surface area contributed by atoms with Crippen molar-refractivity contribution in [1.29, 1.82) is 0 Å². The Morgan fingerprint density at radius 3 is 2.12 bits per heavy atom. The Balaban J connectivity index is 2.48. The highest BCUT2D eigenvalue weighted by Crippen LogP contribution is 2.26. The van der Waals surface area contributed by atoms with Gasteiger partial charge in [0.05, 0.1) is 6.54 Å². The third-order valence-corrected chi connectivity index (χ3v) is 2.32. The molecule has 0 fully saturated rings. The minimum absolute atomic E-state index is 0.109. The maximum absolute atomic E-state index is 4.20. The quantitative estimate of drug-likeness (QED) is 0.849. The van der Waals surface area contributed by atoms with E-state index in [0.717, 1.165) is 18.8 Å². The van der Waals surface area contributed by atoms with E-state index in [1.807, 2.05) is 6.07 Å². The first-order valence-electron chi connectivity index (χ1n) is 5.79. The third-order valence-electron chi connectivity index (χ3n) is 2.32. The fourth-order valence-electron chi connectivity index (χ4n) is 2.13. The van der Waals surface area contributed by atoms with Gasteiger partial charge in [0.1, 0.15) is 5.82 Å². The molecule has 1 aromatic rings. The molecule has 16 heavy (non-hydrogen) atoms.